The lowest BCUT2D eigenvalue weighted by molar-refractivity contribution is -0.146. The summed E-state index contributed by atoms with van der Waals surface area (Å²) in [5.74, 6) is -1.02. The summed E-state index contributed by atoms with van der Waals surface area (Å²) in [5.41, 5.74) is 0. The molecule has 1 aliphatic rings. The van der Waals surface area contributed by atoms with Crippen molar-refractivity contribution >= 4 is 11.9 Å². The van der Waals surface area contributed by atoms with Crippen molar-refractivity contribution in [2.24, 2.45) is 5.92 Å². The average Bonchev–Trinajstić information content (AvgIpc) is 2.34. The van der Waals surface area contributed by atoms with Crippen molar-refractivity contribution < 1.29 is 14.7 Å². The van der Waals surface area contributed by atoms with Gasteiger partial charge in [0.05, 0.1) is 0 Å². The molecule has 0 heterocycles. The van der Waals surface area contributed by atoms with E-state index in [-0.39, 0.29) is 18.4 Å². The molecule has 1 rings (SSSR count). The molecule has 1 atom stereocenters. The Morgan fingerprint density at radius 1 is 1.28 bits per heavy atom. The van der Waals surface area contributed by atoms with Crippen LogP contribution in [0.4, 0.5) is 0 Å². The summed E-state index contributed by atoms with van der Waals surface area (Å²) < 4.78 is 0. The van der Waals surface area contributed by atoms with Gasteiger partial charge in [-0.2, -0.15) is 0 Å². The Balaban J connectivity index is 2.59. The minimum absolute atomic E-state index is 0.0244. The number of allylic oxidation sites excluding steroid dienone is 2. The van der Waals surface area contributed by atoms with Gasteiger partial charge in [0.25, 0.3) is 0 Å². The number of carboxylic acid groups (broad SMARTS) is 1. The van der Waals surface area contributed by atoms with Crippen molar-refractivity contribution in [2.45, 2.75) is 19.3 Å². The molecule has 1 aliphatic carbocycles. The van der Waals surface area contributed by atoms with E-state index < -0.39 is 5.97 Å². The molecule has 0 aromatic heterocycles. The Labute approximate surface area is 108 Å². The second-order valence-electron chi connectivity index (χ2n) is 4.94. The van der Waals surface area contributed by atoms with Crippen LogP contribution in [0.25, 0.3) is 0 Å². The summed E-state index contributed by atoms with van der Waals surface area (Å²) in [7, 11) is 3.82. The third-order valence-electron chi connectivity index (χ3n) is 3.07. The summed E-state index contributed by atoms with van der Waals surface area (Å²) in [6.45, 7) is 0.951. The monoisotopic (exact) mass is 254 g/mol. The van der Waals surface area contributed by atoms with Gasteiger partial charge in [-0.05, 0) is 33.4 Å². The van der Waals surface area contributed by atoms with Crippen molar-refractivity contribution in [1.82, 2.24) is 9.80 Å². The molecule has 1 N–H and O–H groups in total. The fourth-order valence-electron chi connectivity index (χ4n) is 2.03. The van der Waals surface area contributed by atoms with Crippen LogP contribution in [0, 0.1) is 5.92 Å². The normalized spacial score (nSPS) is 18.9. The van der Waals surface area contributed by atoms with E-state index in [1.54, 1.807) is 0 Å². The number of hydrogen-bond donors (Lipinski definition) is 1. The summed E-state index contributed by atoms with van der Waals surface area (Å²) in [6.07, 6.45) is 6.55. The van der Waals surface area contributed by atoms with Gasteiger partial charge >= 0.3 is 5.97 Å². The number of hydrogen-bond acceptors (Lipinski definition) is 3. The molecule has 5 nitrogen and oxygen atoms in total. The first-order valence-electron chi connectivity index (χ1n) is 6.31. The number of nitrogens with zero attached hydrogens (tertiary/aromatic N) is 2. The second-order valence-corrected chi connectivity index (χ2v) is 4.94. The number of aliphatic carboxylic acids is 1. The van der Waals surface area contributed by atoms with Gasteiger partial charge in [0, 0.05) is 19.0 Å². The van der Waals surface area contributed by atoms with Gasteiger partial charge in [-0.1, -0.05) is 12.2 Å². The Hall–Kier alpha value is -1.36. The van der Waals surface area contributed by atoms with E-state index in [4.69, 9.17) is 5.11 Å². The maximum absolute atomic E-state index is 12.3. The molecule has 0 saturated carbocycles. The summed E-state index contributed by atoms with van der Waals surface area (Å²) in [6, 6.07) is 0. The third-order valence-corrected chi connectivity index (χ3v) is 3.07. The number of rotatable bonds is 6. The van der Waals surface area contributed by atoms with Gasteiger partial charge in [0.15, 0.2) is 0 Å². The average molecular weight is 254 g/mol. The highest BCUT2D eigenvalue weighted by molar-refractivity contribution is 5.83. The molecule has 0 aliphatic heterocycles. The highest BCUT2D eigenvalue weighted by Crippen LogP contribution is 2.20. The van der Waals surface area contributed by atoms with Crippen molar-refractivity contribution in [3.8, 4) is 0 Å². The molecule has 0 aromatic carbocycles. The molecule has 0 bridgehead atoms. The van der Waals surface area contributed by atoms with Gasteiger partial charge in [0.2, 0.25) is 5.91 Å². The van der Waals surface area contributed by atoms with Crippen LogP contribution in [0.3, 0.4) is 0 Å². The maximum Gasteiger partial charge on any atom is 0.323 e. The van der Waals surface area contributed by atoms with E-state index >= 15 is 0 Å². The highest BCUT2D eigenvalue weighted by atomic mass is 16.4. The molecule has 5 heteroatoms. The minimum atomic E-state index is -0.951. The van der Waals surface area contributed by atoms with E-state index in [2.05, 4.69) is 6.08 Å². The van der Waals surface area contributed by atoms with Gasteiger partial charge in [0.1, 0.15) is 6.54 Å². The van der Waals surface area contributed by atoms with Crippen molar-refractivity contribution in [1.29, 1.82) is 0 Å². The number of carbonyl (C=O) groups is 2. The first kappa shape index (κ1) is 14.7. The molecule has 0 saturated heterocycles. The standard InChI is InChI=1S/C13H22N2O3/c1-14(2)8-9-15(10-12(16)17)13(18)11-6-4-3-5-7-11/h3-4,11H,5-10H2,1-2H3,(H,16,17). The van der Waals surface area contributed by atoms with Crippen molar-refractivity contribution in [2.75, 3.05) is 33.7 Å². The highest BCUT2D eigenvalue weighted by Gasteiger charge is 2.25. The SMILES string of the molecule is CN(C)CCN(CC(=O)O)C(=O)C1CC=CCC1. The van der Waals surface area contributed by atoms with E-state index in [9.17, 15) is 9.59 Å². The lowest BCUT2D eigenvalue weighted by Gasteiger charge is -2.27. The Kier molecular flexibility index (Phi) is 5.85. The maximum atomic E-state index is 12.3. The van der Waals surface area contributed by atoms with Crippen LogP contribution in [-0.2, 0) is 9.59 Å². The van der Waals surface area contributed by atoms with Crippen LogP contribution in [0.5, 0.6) is 0 Å². The van der Waals surface area contributed by atoms with Crippen LogP contribution in [0.1, 0.15) is 19.3 Å². The summed E-state index contributed by atoms with van der Waals surface area (Å²) >= 11 is 0. The van der Waals surface area contributed by atoms with Crippen molar-refractivity contribution in [3.05, 3.63) is 12.2 Å². The van der Waals surface area contributed by atoms with Crippen LogP contribution in [0.2, 0.25) is 0 Å². The molecule has 0 radical (unpaired) electrons. The fourth-order valence-corrected chi connectivity index (χ4v) is 2.03. The largest absolute Gasteiger partial charge is 0.480 e. The third kappa shape index (κ3) is 4.87. The van der Waals surface area contributed by atoms with E-state index in [0.29, 0.717) is 13.1 Å². The summed E-state index contributed by atoms with van der Waals surface area (Å²) in [4.78, 5) is 26.5. The van der Waals surface area contributed by atoms with Crippen LogP contribution >= 0.6 is 0 Å². The number of carboxylic acids is 1. The second kappa shape index (κ2) is 7.16. The smallest absolute Gasteiger partial charge is 0.323 e. The van der Waals surface area contributed by atoms with Crippen LogP contribution < -0.4 is 0 Å². The Morgan fingerprint density at radius 2 is 2.00 bits per heavy atom. The summed E-state index contributed by atoms with van der Waals surface area (Å²) in [5, 5.41) is 8.87. The molecule has 0 fully saturated rings. The molecule has 0 spiro atoms. The van der Waals surface area contributed by atoms with Gasteiger partial charge in [-0.3, -0.25) is 9.59 Å². The van der Waals surface area contributed by atoms with Gasteiger partial charge < -0.3 is 14.9 Å². The lowest BCUT2D eigenvalue weighted by Crippen LogP contribution is -2.43. The van der Waals surface area contributed by atoms with Gasteiger partial charge in [-0.25, -0.2) is 0 Å². The van der Waals surface area contributed by atoms with Crippen LogP contribution in [-0.4, -0.2) is 60.5 Å². The zero-order valence-electron chi connectivity index (χ0n) is 11.1. The topological polar surface area (TPSA) is 60.9 Å². The first-order chi connectivity index (χ1) is 8.50. The number of carbonyl (C=O) groups excluding carboxylic acids is 1. The molecule has 102 valence electrons. The minimum Gasteiger partial charge on any atom is -0.480 e. The molecule has 0 aromatic rings. The van der Waals surface area contributed by atoms with Crippen molar-refractivity contribution in [3.63, 3.8) is 0 Å². The quantitative estimate of drug-likeness (QED) is 0.713. The molecular weight excluding hydrogens is 232 g/mol. The zero-order valence-corrected chi connectivity index (χ0v) is 11.1. The van der Waals surface area contributed by atoms with Crippen LogP contribution in [0.15, 0.2) is 12.2 Å². The van der Waals surface area contributed by atoms with Gasteiger partial charge in [-0.15, -0.1) is 0 Å². The Morgan fingerprint density at radius 3 is 2.50 bits per heavy atom. The zero-order chi connectivity index (χ0) is 13.5. The molecule has 1 amide bonds. The van der Waals surface area contributed by atoms with E-state index in [1.165, 1.54) is 4.90 Å². The Bertz CT molecular complexity index is 326. The van der Waals surface area contributed by atoms with E-state index in [0.717, 1.165) is 19.3 Å². The lowest BCUT2D eigenvalue weighted by atomic mass is 9.93. The molecule has 18 heavy (non-hydrogen) atoms. The molecule has 1 unspecified atom stereocenters. The predicted molar refractivity (Wildman–Crippen MR) is 69.3 cm³/mol. The molecular formula is C13H22N2O3. The predicted octanol–water partition coefficient (Wildman–Crippen LogP) is 0.818. The first-order valence-corrected chi connectivity index (χ1v) is 6.31. The number of amides is 1. The van der Waals surface area contributed by atoms with E-state index in [1.807, 2.05) is 25.1 Å². The fraction of sp³-hybridized carbons (Fsp3) is 0.692. The number of likely N-dealkylation sites (N-methyl/N-ethyl adjacent to an activating group) is 1.